The fourth-order valence-electron chi connectivity index (χ4n) is 2.48. The number of carbonyl (C=O) groups is 1. The monoisotopic (exact) mass is 327 g/mol. The van der Waals surface area contributed by atoms with Crippen molar-refractivity contribution in [1.82, 2.24) is 0 Å². The van der Waals surface area contributed by atoms with Crippen LogP contribution >= 0.6 is 0 Å². The highest BCUT2D eigenvalue weighted by Crippen LogP contribution is 2.30. The molecule has 0 aliphatic heterocycles. The molecule has 0 fully saturated rings. The van der Waals surface area contributed by atoms with Gasteiger partial charge in [-0.3, -0.25) is 10.1 Å². The minimum absolute atomic E-state index is 0.0759. The molecule has 6 heteroatoms. The van der Waals surface area contributed by atoms with E-state index in [4.69, 9.17) is 4.74 Å². The smallest absolute Gasteiger partial charge is 0.336 e. The molecule has 0 aliphatic carbocycles. The van der Waals surface area contributed by atoms with Crippen LogP contribution in [0.25, 0.3) is 11.6 Å². The molecule has 0 aromatic heterocycles. The molecule has 6 nitrogen and oxygen atoms in total. The van der Waals surface area contributed by atoms with Gasteiger partial charge in [-0.25, -0.2) is 4.79 Å². The average Bonchev–Trinajstić information content (AvgIpc) is 2.52. The van der Waals surface area contributed by atoms with Crippen molar-refractivity contribution in [3.8, 4) is 5.75 Å². The summed E-state index contributed by atoms with van der Waals surface area (Å²) in [5, 5.41) is 20.6. The van der Waals surface area contributed by atoms with E-state index < -0.39 is 10.9 Å². The molecular weight excluding hydrogens is 310 g/mol. The molecule has 0 radical (unpaired) electrons. The van der Waals surface area contributed by atoms with E-state index in [9.17, 15) is 20.0 Å². The molecule has 0 atom stereocenters. The second-order valence-corrected chi connectivity index (χ2v) is 5.37. The zero-order chi connectivity index (χ0) is 17.9. The Hall–Kier alpha value is -3.15. The molecule has 0 aliphatic rings. The molecule has 124 valence electrons. The highest BCUT2D eigenvalue weighted by molar-refractivity contribution is 6.21. The van der Waals surface area contributed by atoms with E-state index in [0.717, 1.165) is 11.1 Å². The van der Waals surface area contributed by atoms with Crippen molar-refractivity contribution in [2.75, 3.05) is 7.11 Å². The van der Waals surface area contributed by atoms with Crippen molar-refractivity contribution in [3.63, 3.8) is 0 Å². The maximum absolute atomic E-state index is 11.7. The number of carboxylic acid groups (broad SMARTS) is 1. The molecule has 0 saturated heterocycles. The Morgan fingerprint density at radius 1 is 1.21 bits per heavy atom. The third-order valence-corrected chi connectivity index (χ3v) is 3.61. The number of carboxylic acids is 1. The maximum atomic E-state index is 11.7. The van der Waals surface area contributed by atoms with Gasteiger partial charge in [0.05, 0.1) is 17.6 Å². The summed E-state index contributed by atoms with van der Waals surface area (Å²) in [5.41, 5.74) is 2.71. The van der Waals surface area contributed by atoms with E-state index in [2.05, 4.69) is 0 Å². The van der Waals surface area contributed by atoms with Crippen LogP contribution in [0, 0.1) is 24.0 Å². The lowest BCUT2D eigenvalue weighted by atomic mass is 9.97. The highest BCUT2D eigenvalue weighted by Gasteiger charge is 2.17. The highest BCUT2D eigenvalue weighted by atomic mass is 16.6. The van der Waals surface area contributed by atoms with Crippen molar-refractivity contribution in [2.24, 2.45) is 0 Å². The predicted octanol–water partition coefficient (Wildman–Crippen LogP) is 3.85. The van der Waals surface area contributed by atoms with Crippen molar-refractivity contribution in [2.45, 2.75) is 13.8 Å². The van der Waals surface area contributed by atoms with Gasteiger partial charge in [-0.15, -0.1) is 0 Å². The van der Waals surface area contributed by atoms with Gasteiger partial charge in [-0.2, -0.15) is 0 Å². The Morgan fingerprint density at radius 2 is 1.92 bits per heavy atom. The van der Waals surface area contributed by atoms with Gasteiger partial charge in [0, 0.05) is 6.07 Å². The quantitative estimate of drug-likeness (QED) is 0.390. The van der Waals surface area contributed by atoms with Crippen molar-refractivity contribution in [1.29, 1.82) is 0 Å². The van der Waals surface area contributed by atoms with Gasteiger partial charge >= 0.3 is 11.7 Å². The molecule has 2 rings (SSSR count). The zero-order valence-electron chi connectivity index (χ0n) is 13.6. The first-order chi connectivity index (χ1) is 11.3. The standard InChI is InChI=1S/C18H17NO5/c1-11-4-6-14(12(2)8-11)15(18(20)21)9-13-5-7-17(24-3)16(10-13)19(22)23/h4-10H,1-3H3,(H,20,21)/b15-9-. The normalized spacial score (nSPS) is 11.2. The molecule has 24 heavy (non-hydrogen) atoms. The molecule has 0 saturated carbocycles. The number of aliphatic carboxylic acids is 1. The number of rotatable bonds is 5. The van der Waals surface area contributed by atoms with Crippen LogP contribution in [0.2, 0.25) is 0 Å². The Morgan fingerprint density at radius 3 is 2.46 bits per heavy atom. The van der Waals surface area contributed by atoms with Crippen LogP contribution in [0.3, 0.4) is 0 Å². The lowest BCUT2D eigenvalue weighted by molar-refractivity contribution is -0.385. The van der Waals surface area contributed by atoms with Crippen molar-refractivity contribution in [3.05, 3.63) is 68.8 Å². The first kappa shape index (κ1) is 17.2. The minimum Gasteiger partial charge on any atom is -0.490 e. The summed E-state index contributed by atoms with van der Waals surface area (Å²) < 4.78 is 4.95. The molecule has 0 heterocycles. The van der Waals surface area contributed by atoms with Gasteiger partial charge in [-0.05, 0) is 42.7 Å². The number of hydrogen-bond donors (Lipinski definition) is 1. The Kier molecular flexibility index (Phi) is 4.99. The lowest BCUT2D eigenvalue weighted by Crippen LogP contribution is -2.02. The van der Waals surface area contributed by atoms with E-state index in [-0.39, 0.29) is 17.0 Å². The number of nitro benzene ring substituents is 1. The molecular formula is C18H17NO5. The minimum atomic E-state index is -1.10. The van der Waals surface area contributed by atoms with Crippen molar-refractivity contribution < 1.29 is 19.6 Å². The van der Waals surface area contributed by atoms with E-state index in [1.807, 2.05) is 26.0 Å². The summed E-state index contributed by atoms with van der Waals surface area (Å²) in [6.45, 7) is 3.75. The Labute approximate surface area is 139 Å². The number of nitrogens with zero attached hydrogens (tertiary/aromatic N) is 1. The van der Waals surface area contributed by atoms with Crippen LogP contribution in [-0.2, 0) is 4.79 Å². The Bertz CT molecular complexity index is 839. The molecule has 0 unspecified atom stereocenters. The van der Waals surface area contributed by atoms with Crippen LogP contribution in [0.1, 0.15) is 22.3 Å². The van der Waals surface area contributed by atoms with Gasteiger partial charge in [0.15, 0.2) is 5.75 Å². The van der Waals surface area contributed by atoms with E-state index in [1.165, 1.54) is 25.3 Å². The summed E-state index contributed by atoms with van der Waals surface area (Å²) in [7, 11) is 1.34. The average molecular weight is 327 g/mol. The second kappa shape index (κ2) is 6.95. The van der Waals surface area contributed by atoms with Gasteiger partial charge in [-0.1, -0.05) is 29.8 Å². The third-order valence-electron chi connectivity index (χ3n) is 3.61. The molecule has 0 amide bonds. The second-order valence-electron chi connectivity index (χ2n) is 5.37. The summed E-state index contributed by atoms with van der Waals surface area (Å²) in [5.74, 6) is -0.971. The molecule has 2 aromatic rings. The number of aryl methyl sites for hydroxylation is 2. The maximum Gasteiger partial charge on any atom is 0.336 e. The fourth-order valence-corrected chi connectivity index (χ4v) is 2.48. The fraction of sp³-hybridized carbons (Fsp3) is 0.167. The summed E-state index contributed by atoms with van der Waals surface area (Å²) in [6.07, 6.45) is 1.42. The van der Waals surface area contributed by atoms with E-state index >= 15 is 0 Å². The van der Waals surface area contributed by atoms with Crippen LogP contribution in [0.15, 0.2) is 36.4 Å². The van der Waals surface area contributed by atoms with Gasteiger partial charge in [0.1, 0.15) is 0 Å². The van der Waals surface area contributed by atoms with E-state index in [1.54, 1.807) is 12.1 Å². The number of hydrogen-bond acceptors (Lipinski definition) is 4. The predicted molar refractivity (Wildman–Crippen MR) is 91.1 cm³/mol. The first-order valence-corrected chi connectivity index (χ1v) is 7.18. The number of ether oxygens (including phenoxy) is 1. The van der Waals surface area contributed by atoms with E-state index in [0.29, 0.717) is 11.1 Å². The van der Waals surface area contributed by atoms with Gasteiger partial charge < -0.3 is 9.84 Å². The van der Waals surface area contributed by atoms with Gasteiger partial charge in [0.2, 0.25) is 0 Å². The molecule has 0 spiro atoms. The molecule has 1 N–H and O–H groups in total. The summed E-state index contributed by atoms with van der Waals surface area (Å²) in [4.78, 5) is 22.2. The first-order valence-electron chi connectivity index (χ1n) is 7.18. The number of nitro groups is 1. The number of benzene rings is 2. The van der Waals surface area contributed by atoms with Crippen LogP contribution in [0.5, 0.6) is 5.75 Å². The summed E-state index contributed by atoms with van der Waals surface area (Å²) >= 11 is 0. The van der Waals surface area contributed by atoms with Crippen LogP contribution < -0.4 is 4.74 Å². The van der Waals surface area contributed by atoms with Crippen LogP contribution in [-0.4, -0.2) is 23.1 Å². The van der Waals surface area contributed by atoms with Gasteiger partial charge in [0.25, 0.3) is 0 Å². The molecule has 2 aromatic carbocycles. The molecule has 0 bridgehead atoms. The third kappa shape index (κ3) is 3.60. The lowest BCUT2D eigenvalue weighted by Gasteiger charge is -2.09. The van der Waals surface area contributed by atoms with Crippen LogP contribution in [0.4, 0.5) is 5.69 Å². The van der Waals surface area contributed by atoms with Crippen molar-refractivity contribution >= 4 is 23.3 Å². The topological polar surface area (TPSA) is 89.7 Å². The largest absolute Gasteiger partial charge is 0.490 e. The Balaban J connectivity index is 2.58. The zero-order valence-corrected chi connectivity index (χ0v) is 13.6. The summed E-state index contributed by atoms with van der Waals surface area (Å²) in [6, 6.07) is 9.79. The SMILES string of the molecule is COc1ccc(/C=C(\C(=O)O)c2ccc(C)cc2C)cc1[N+](=O)[O-]. The number of methoxy groups -OCH3 is 1.